The molecule has 1 aliphatic carbocycles. The maximum Gasteiger partial charge on any atom is 0.243 e. The molecule has 0 spiro atoms. The van der Waals surface area contributed by atoms with E-state index in [1.54, 1.807) is 18.2 Å². The van der Waals surface area contributed by atoms with Gasteiger partial charge in [0.05, 0.1) is 10.8 Å². The fraction of sp³-hybridized carbons (Fsp3) is 0.481. The Labute approximate surface area is 207 Å². The fourth-order valence-corrected chi connectivity index (χ4v) is 6.92. The molecule has 0 aromatic heterocycles. The second-order valence-corrected chi connectivity index (χ2v) is 12.3. The highest BCUT2D eigenvalue weighted by atomic mass is 32.2. The number of fused-ring (bicyclic) bond motifs is 1. The molecule has 2 atom stereocenters. The molecule has 186 valence electrons. The van der Waals surface area contributed by atoms with Crippen molar-refractivity contribution in [1.82, 2.24) is 4.31 Å². The number of sulfonamides is 1. The van der Waals surface area contributed by atoms with Crippen molar-refractivity contribution >= 4 is 33.2 Å². The molecule has 2 fully saturated rings. The standard InChI is InChI=1S/C27H33N3O4S/c1-17-6-10-24(18(2)13-17)28-26(31)21-5-4-12-29(16-21)35(33,34)23-9-11-25-22(15-23)14-19(3)30(25)27(32)20-7-8-20/h6,9-11,13,15,19-21H,4-5,7-8,12,14,16H2,1-3H3,(H,28,31)/t19-,21+/m0/s1. The number of benzene rings is 2. The summed E-state index contributed by atoms with van der Waals surface area (Å²) >= 11 is 0. The lowest BCUT2D eigenvalue weighted by Gasteiger charge is -2.31. The largest absolute Gasteiger partial charge is 0.326 e. The number of hydrogen-bond acceptors (Lipinski definition) is 4. The van der Waals surface area contributed by atoms with Crippen LogP contribution in [0.3, 0.4) is 0 Å². The molecular formula is C27H33N3O4S. The van der Waals surface area contributed by atoms with Crippen LogP contribution in [0.1, 0.15) is 49.3 Å². The molecule has 35 heavy (non-hydrogen) atoms. The highest BCUT2D eigenvalue weighted by Crippen LogP contribution is 2.40. The van der Waals surface area contributed by atoms with E-state index in [2.05, 4.69) is 5.32 Å². The summed E-state index contributed by atoms with van der Waals surface area (Å²) in [5, 5.41) is 2.99. The monoisotopic (exact) mass is 495 g/mol. The van der Waals surface area contributed by atoms with Gasteiger partial charge in [-0.1, -0.05) is 17.7 Å². The molecule has 2 aromatic carbocycles. The molecule has 1 saturated carbocycles. The summed E-state index contributed by atoms with van der Waals surface area (Å²) < 4.78 is 28.5. The van der Waals surface area contributed by atoms with Crippen LogP contribution >= 0.6 is 0 Å². The first-order chi connectivity index (χ1) is 16.6. The zero-order valence-electron chi connectivity index (χ0n) is 20.6. The van der Waals surface area contributed by atoms with Crippen LogP contribution in [0.15, 0.2) is 41.3 Å². The molecule has 2 heterocycles. The van der Waals surface area contributed by atoms with Crippen molar-refractivity contribution in [2.45, 2.75) is 63.8 Å². The number of anilines is 2. The van der Waals surface area contributed by atoms with Crippen LogP contribution < -0.4 is 10.2 Å². The van der Waals surface area contributed by atoms with Crippen molar-refractivity contribution in [2.75, 3.05) is 23.3 Å². The first-order valence-corrected chi connectivity index (χ1v) is 13.9. The molecule has 5 rings (SSSR count). The second kappa shape index (κ2) is 9.06. The molecule has 0 unspecified atom stereocenters. The van der Waals surface area contributed by atoms with Gasteiger partial charge >= 0.3 is 0 Å². The zero-order chi connectivity index (χ0) is 24.9. The van der Waals surface area contributed by atoms with Gasteiger partial charge < -0.3 is 10.2 Å². The van der Waals surface area contributed by atoms with Crippen LogP contribution in [0.2, 0.25) is 0 Å². The van der Waals surface area contributed by atoms with E-state index >= 15 is 0 Å². The summed E-state index contributed by atoms with van der Waals surface area (Å²) in [7, 11) is -3.75. The highest BCUT2D eigenvalue weighted by Gasteiger charge is 2.40. The zero-order valence-corrected chi connectivity index (χ0v) is 21.4. The number of piperidine rings is 1. The molecule has 3 aliphatic rings. The summed E-state index contributed by atoms with van der Waals surface area (Å²) in [4.78, 5) is 27.8. The lowest BCUT2D eigenvalue weighted by atomic mass is 9.98. The van der Waals surface area contributed by atoms with Crippen molar-refractivity contribution < 1.29 is 18.0 Å². The van der Waals surface area contributed by atoms with Crippen molar-refractivity contribution in [1.29, 1.82) is 0 Å². The highest BCUT2D eigenvalue weighted by molar-refractivity contribution is 7.89. The number of rotatable bonds is 5. The van der Waals surface area contributed by atoms with Crippen LogP contribution in [0.5, 0.6) is 0 Å². The van der Waals surface area contributed by atoms with E-state index in [0.29, 0.717) is 25.8 Å². The Morgan fingerprint density at radius 2 is 1.77 bits per heavy atom. The smallest absolute Gasteiger partial charge is 0.243 e. The Morgan fingerprint density at radius 1 is 1.00 bits per heavy atom. The number of carbonyl (C=O) groups excluding carboxylic acids is 2. The van der Waals surface area contributed by atoms with E-state index in [0.717, 1.165) is 40.9 Å². The number of nitrogens with zero attached hydrogens (tertiary/aromatic N) is 2. The van der Waals surface area contributed by atoms with E-state index in [1.165, 1.54) is 4.31 Å². The van der Waals surface area contributed by atoms with Crippen LogP contribution in [0.4, 0.5) is 11.4 Å². The summed E-state index contributed by atoms with van der Waals surface area (Å²) in [6, 6.07) is 11.0. The van der Waals surface area contributed by atoms with Crippen LogP contribution in [-0.4, -0.2) is 43.7 Å². The minimum absolute atomic E-state index is 0.0318. The number of nitrogens with one attached hydrogen (secondary N) is 1. The maximum absolute atomic E-state index is 13.5. The van der Waals surface area contributed by atoms with E-state index in [1.807, 2.05) is 43.9 Å². The Balaban J connectivity index is 1.32. The normalized spacial score (nSPS) is 22.7. The quantitative estimate of drug-likeness (QED) is 0.679. The van der Waals surface area contributed by atoms with Gasteiger partial charge in [-0.25, -0.2) is 8.42 Å². The minimum Gasteiger partial charge on any atom is -0.326 e. The number of carbonyl (C=O) groups is 2. The number of aryl methyl sites for hydroxylation is 2. The summed E-state index contributed by atoms with van der Waals surface area (Å²) in [5.41, 5.74) is 4.60. The third-order valence-corrected chi connectivity index (χ3v) is 9.32. The van der Waals surface area contributed by atoms with E-state index in [9.17, 15) is 18.0 Å². The first kappa shape index (κ1) is 24.0. The lowest BCUT2D eigenvalue weighted by Crippen LogP contribution is -2.43. The van der Waals surface area contributed by atoms with Crippen LogP contribution in [0, 0.1) is 25.7 Å². The van der Waals surface area contributed by atoms with Crippen LogP contribution in [0.25, 0.3) is 0 Å². The lowest BCUT2D eigenvalue weighted by molar-refractivity contribution is -0.121. The fourth-order valence-electron chi connectivity index (χ4n) is 5.34. The first-order valence-electron chi connectivity index (χ1n) is 12.5. The molecule has 7 nitrogen and oxygen atoms in total. The average Bonchev–Trinajstić information content (AvgIpc) is 3.62. The molecule has 2 aromatic rings. The van der Waals surface area contributed by atoms with Gasteiger partial charge in [-0.3, -0.25) is 9.59 Å². The number of hydrogen-bond donors (Lipinski definition) is 1. The predicted octanol–water partition coefficient (Wildman–Crippen LogP) is 4.03. The van der Waals surface area contributed by atoms with Gasteiger partial charge in [0.15, 0.2) is 0 Å². The van der Waals surface area contributed by atoms with E-state index in [4.69, 9.17) is 0 Å². The summed E-state index contributed by atoms with van der Waals surface area (Å²) in [6.45, 7) is 6.53. The third kappa shape index (κ3) is 4.61. The summed E-state index contributed by atoms with van der Waals surface area (Å²) in [5.74, 6) is -0.276. The molecule has 2 amide bonds. The van der Waals surface area contributed by atoms with Crippen molar-refractivity contribution in [3.63, 3.8) is 0 Å². The van der Waals surface area contributed by atoms with E-state index < -0.39 is 15.9 Å². The van der Waals surface area contributed by atoms with Gasteiger partial charge in [0.1, 0.15) is 0 Å². The Bertz CT molecular complexity index is 1290. The molecule has 2 aliphatic heterocycles. The Morgan fingerprint density at radius 3 is 2.49 bits per heavy atom. The molecule has 8 heteroatoms. The molecular weight excluding hydrogens is 462 g/mol. The maximum atomic E-state index is 13.5. The Kier molecular flexibility index (Phi) is 6.21. The van der Waals surface area contributed by atoms with Gasteiger partial charge in [-0.2, -0.15) is 4.31 Å². The SMILES string of the molecule is Cc1ccc(NC(=O)[C@@H]2CCCN(S(=O)(=O)c3ccc4c(c3)C[C@H](C)N4C(=O)C3CC3)C2)c(C)c1. The summed E-state index contributed by atoms with van der Waals surface area (Å²) in [6.07, 6.45) is 3.82. The predicted molar refractivity (Wildman–Crippen MR) is 136 cm³/mol. The van der Waals surface area contributed by atoms with Gasteiger partial charge in [0.2, 0.25) is 21.8 Å². The van der Waals surface area contributed by atoms with E-state index in [-0.39, 0.29) is 35.2 Å². The molecule has 1 N–H and O–H groups in total. The van der Waals surface area contributed by atoms with Crippen molar-refractivity contribution in [3.05, 3.63) is 53.1 Å². The Hall–Kier alpha value is -2.71. The van der Waals surface area contributed by atoms with Gasteiger partial charge in [-0.05, 0) is 88.3 Å². The van der Waals surface area contributed by atoms with Crippen molar-refractivity contribution in [3.8, 4) is 0 Å². The van der Waals surface area contributed by atoms with Gasteiger partial charge in [0.25, 0.3) is 0 Å². The van der Waals surface area contributed by atoms with Crippen molar-refractivity contribution in [2.24, 2.45) is 11.8 Å². The topological polar surface area (TPSA) is 86.8 Å². The second-order valence-electron chi connectivity index (χ2n) is 10.3. The van der Waals surface area contributed by atoms with Gasteiger partial charge in [0, 0.05) is 36.4 Å². The molecule has 1 saturated heterocycles. The third-order valence-electron chi connectivity index (χ3n) is 7.46. The minimum atomic E-state index is -3.75. The molecule has 0 radical (unpaired) electrons. The number of amides is 2. The average molecular weight is 496 g/mol. The van der Waals surface area contributed by atoms with Crippen LogP contribution in [-0.2, 0) is 26.0 Å². The van der Waals surface area contributed by atoms with Gasteiger partial charge in [-0.15, -0.1) is 0 Å². The molecule has 0 bridgehead atoms.